The highest BCUT2D eigenvalue weighted by Crippen LogP contribution is 2.23. The topological polar surface area (TPSA) is 48.2 Å². The summed E-state index contributed by atoms with van der Waals surface area (Å²) in [5.41, 5.74) is 1.02. The van der Waals surface area contributed by atoms with Crippen molar-refractivity contribution >= 4 is 11.6 Å². The summed E-state index contributed by atoms with van der Waals surface area (Å²) in [6.45, 7) is 3.97. The summed E-state index contributed by atoms with van der Waals surface area (Å²) in [6, 6.07) is 5.49. The summed E-state index contributed by atoms with van der Waals surface area (Å²) in [5.74, 6) is 1.79. The Labute approximate surface area is 98.2 Å². The SMILES string of the molecule is Cc1nc(COc2cc(Cl)ccc2C)no1. The van der Waals surface area contributed by atoms with Gasteiger partial charge in [0.15, 0.2) is 6.61 Å². The van der Waals surface area contributed by atoms with Crippen LogP contribution in [0.5, 0.6) is 5.75 Å². The lowest BCUT2D eigenvalue weighted by molar-refractivity contribution is 0.284. The third kappa shape index (κ3) is 2.52. The Morgan fingerprint density at radius 3 is 2.88 bits per heavy atom. The molecule has 0 radical (unpaired) electrons. The van der Waals surface area contributed by atoms with Crippen LogP contribution in [-0.2, 0) is 6.61 Å². The molecule has 2 aromatic rings. The van der Waals surface area contributed by atoms with Gasteiger partial charge >= 0.3 is 0 Å². The Bertz CT molecular complexity index is 496. The van der Waals surface area contributed by atoms with Crippen molar-refractivity contribution in [1.82, 2.24) is 10.1 Å². The van der Waals surface area contributed by atoms with Crippen LogP contribution in [0.4, 0.5) is 0 Å². The molecule has 0 atom stereocenters. The molecule has 0 N–H and O–H groups in total. The van der Waals surface area contributed by atoms with Gasteiger partial charge in [0, 0.05) is 11.9 Å². The van der Waals surface area contributed by atoms with Crippen molar-refractivity contribution in [3.8, 4) is 5.75 Å². The predicted molar refractivity (Wildman–Crippen MR) is 59.6 cm³/mol. The van der Waals surface area contributed by atoms with E-state index in [1.165, 1.54) is 0 Å². The van der Waals surface area contributed by atoms with Crippen molar-refractivity contribution in [2.45, 2.75) is 20.5 Å². The number of halogens is 1. The lowest BCUT2D eigenvalue weighted by Crippen LogP contribution is -1.98. The average Bonchev–Trinajstić information content (AvgIpc) is 2.66. The number of rotatable bonds is 3. The zero-order chi connectivity index (χ0) is 11.5. The van der Waals surface area contributed by atoms with E-state index in [0.29, 0.717) is 16.7 Å². The van der Waals surface area contributed by atoms with Crippen LogP contribution in [0.1, 0.15) is 17.3 Å². The first-order valence-electron chi connectivity index (χ1n) is 4.83. The fourth-order valence-corrected chi connectivity index (χ4v) is 1.43. The Balaban J connectivity index is 2.07. The minimum absolute atomic E-state index is 0.276. The van der Waals surface area contributed by atoms with Gasteiger partial charge in [0.2, 0.25) is 11.7 Å². The van der Waals surface area contributed by atoms with E-state index in [2.05, 4.69) is 10.1 Å². The first-order chi connectivity index (χ1) is 7.65. The van der Waals surface area contributed by atoms with E-state index in [1.807, 2.05) is 19.1 Å². The van der Waals surface area contributed by atoms with Crippen LogP contribution in [0, 0.1) is 13.8 Å². The summed E-state index contributed by atoms with van der Waals surface area (Å²) >= 11 is 5.87. The number of nitrogens with zero attached hydrogens (tertiary/aromatic N) is 2. The van der Waals surface area contributed by atoms with Crippen LogP contribution < -0.4 is 4.74 Å². The number of hydrogen-bond acceptors (Lipinski definition) is 4. The van der Waals surface area contributed by atoms with E-state index in [4.69, 9.17) is 20.9 Å². The van der Waals surface area contributed by atoms with Crippen molar-refractivity contribution in [2.24, 2.45) is 0 Å². The summed E-state index contributed by atoms with van der Waals surface area (Å²) in [4.78, 5) is 4.04. The van der Waals surface area contributed by atoms with Crippen molar-refractivity contribution in [3.63, 3.8) is 0 Å². The molecule has 0 aliphatic carbocycles. The number of aryl methyl sites for hydroxylation is 2. The summed E-state index contributed by atoms with van der Waals surface area (Å²) in [7, 11) is 0. The highest BCUT2D eigenvalue weighted by atomic mass is 35.5. The molecule has 0 aliphatic heterocycles. The van der Waals surface area contributed by atoms with E-state index in [1.54, 1.807) is 13.0 Å². The fraction of sp³-hybridized carbons (Fsp3) is 0.273. The largest absolute Gasteiger partial charge is 0.485 e. The molecule has 1 aromatic heterocycles. The van der Waals surface area contributed by atoms with E-state index in [-0.39, 0.29) is 6.61 Å². The maximum absolute atomic E-state index is 5.87. The molecule has 0 saturated heterocycles. The van der Waals surface area contributed by atoms with Crippen molar-refractivity contribution in [2.75, 3.05) is 0 Å². The third-order valence-electron chi connectivity index (χ3n) is 2.08. The molecule has 0 saturated carbocycles. The molecule has 0 spiro atoms. The van der Waals surface area contributed by atoms with E-state index < -0.39 is 0 Å². The van der Waals surface area contributed by atoms with Gasteiger partial charge in [-0.2, -0.15) is 4.98 Å². The molecule has 1 heterocycles. The van der Waals surface area contributed by atoms with Crippen LogP contribution in [0.15, 0.2) is 22.7 Å². The Kier molecular flexibility index (Phi) is 3.10. The number of hydrogen-bond donors (Lipinski definition) is 0. The van der Waals surface area contributed by atoms with Crippen molar-refractivity contribution < 1.29 is 9.26 Å². The van der Waals surface area contributed by atoms with E-state index >= 15 is 0 Å². The molecule has 1 aromatic carbocycles. The standard InChI is InChI=1S/C11H11ClN2O2/c1-7-3-4-9(12)5-10(7)15-6-11-13-8(2)16-14-11/h3-5H,6H2,1-2H3. The zero-order valence-electron chi connectivity index (χ0n) is 9.03. The van der Waals surface area contributed by atoms with Crippen molar-refractivity contribution in [3.05, 3.63) is 40.5 Å². The molecular weight excluding hydrogens is 228 g/mol. The smallest absolute Gasteiger partial charge is 0.223 e. The second-order valence-electron chi connectivity index (χ2n) is 3.43. The quantitative estimate of drug-likeness (QED) is 0.825. The monoisotopic (exact) mass is 238 g/mol. The summed E-state index contributed by atoms with van der Waals surface area (Å²) in [6.07, 6.45) is 0. The molecular formula is C11H11ClN2O2. The molecule has 2 rings (SSSR count). The molecule has 0 bridgehead atoms. The highest BCUT2D eigenvalue weighted by Gasteiger charge is 2.05. The predicted octanol–water partition coefficient (Wildman–Crippen LogP) is 2.92. The van der Waals surface area contributed by atoms with Crippen LogP contribution in [0.2, 0.25) is 5.02 Å². The average molecular weight is 239 g/mol. The van der Waals surface area contributed by atoms with Gasteiger partial charge in [-0.1, -0.05) is 22.8 Å². The highest BCUT2D eigenvalue weighted by molar-refractivity contribution is 6.30. The van der Waals surface area contributed by atoms with E-state index in [0.717, 1.165) is 11.3 Å². The van der Waals surface area contributed by atoms with Crippen LogP contribution in [-0.4, -0.2) is 10.1 Å². The molecule has 16 heavy (non-hydrogen) atoms. The lowest BCUT2D eigenvalue weighted by atomic mass is 10.2. The maximum atomic E-state index is 5.87. The molecule has 4 nitrogen and oxygen atoms in total. The summed E-state index contributed by atoms with van der Waals surface area (Å²) in [5, 5.41) is 4.38. The van der Waals surface area contributed by atoms with Crippen LogP contribution in [0.25, 0.3) is 0 Å². The van der Waals surface area contributed by atoms with Gasteiger partial charge in [-0.3, -0.25) is 0 Å². The second kappa shape index (κ2) is 4.53. The Morgan fingerprint density at radius 2 is 2.19 bits per heavy atom. The van der Waals surface area contributed by atoms with Crippen LogP contribution >= 0.6 is 11.6 Å². The van der Waals surface area contributed by atoms with Gasteiger partial charge in [0.05, 0.1) is 0 Å². The second-order valence-corrected chi connectivity index (χ2v) is 3.86. The van der Waals surface area contributed by atoms with Gasteiger partial charge in [-0.25, -0.2) is 0 Å². The third-order valence-corrected chi connectivity index (χ3v) is 2.31. The summed E-state index contributed by atoms with van der Waals surface area (Å²) < 4.78 is 10.4. The van der Waals surface area contributed by atoms with E-state index in [9.17, 15) is 0 Å². The minimum Gasteiger partial charge on any atom is -0.485 e. The first-order valence-corrected chi connectivity index (χ1v) is 5.21. The number of aromatic nitrogens is 2. The Hall–Kier alpha value is -1.55. The number of benzene rings is 1. The fourth-order valence-electron chi connectivity index (χ4n) is 1.27. The molecule has 0 aliphatic rings. The molecule has 84 valence electrons. The molecule has 0 unspecified atom stereocenters. The minimum atomic E-state index is 0.276. The van der Waals surface area contributed by atoms with Gasteiger partial charge in [0.1, 0.15) is 5.75 Å². The van der Waals surface area contributed by atoms with Gasteiger partial charge < -0.3 is 9.26 Å². The number of ether oxygens (including phenoxy) is 1. The molecule has 0 fully saturated rings. The van der Waals surface area contributed by atoms with Crippen molar-refractivity contribution in [1.29, 1.82) is 0 Å². The molecule has 0 amide bonds. The van der Waals surface area contributed by atoms with Gasteiger partial charge in [0.25, 0.3) is 0 Å². The Morgan fingerprint density at radius 1 is 1.38 bits per heavy atom. The van der Waals surface area contributed by atoms with Crippen LogP contribution in [0.3, 0.4) is 0 Å². The maximum Gasteiger partial charge on any atom is 0.223 e. The van der Waals surface area contributed by atoms with Gasteiger partial charge in [-0.05, 0) is 24.6 Å². The van der Waals surface area contributed by atoms with Gasteiger partial charge in [-0.15, -0.1) is 0 Å². The zero-order valence-corrected chi connectivity index (χ0v) is 9.78. The lowest BCUT2D eigenvalue weighted by Gasteiger charge is -2.06. The first kappa shape index (κ1) is 11.0. The molecule has 5 heteroatoms. The normalized spacial score (nSPS) is 10.4.